The highest BCUT2D eigenvalue weighted by atomic mass is 16.5. The Labute approximate surface area is 103 Å². The highest BCUT2D eigenvalue weighted by Gasteiger charge is 2.10. The van der Waals surface area contributed by atoms with E-state index in [0.29, 0.717) is 0 Å². The minimum absolute atomic E-state index is 0.181. The summed E-state index contributed by atoms with van der Waals surface area (Å²) in [7, 11) is 0. The van der Waals surface area contributed by atoms with Crippen LogP contribution in [0.4, 0.5) is 0 Å². The molecule has 1 aromatic heterocycles. The summed E-state index contributed by atoms with van der Waals surface area (Å²) in [5.41, 5.74) is -0.475. The van der Waals surface area contributed by atoms with Crippen molar-refractivity contribution in [3.63, 3.8) is 0 Å². The molecule has 0 unspecified atom stereocenters. The van der Waals surface area contributed by atoms with E-state index in [1.54, 1.807) is 6.92 Å². The van der Waals surface area contributed by atoms with Gasteiger partial charge in [0.25, 0.3) is 0 Å². The lowest BCUT2D eigenvalue weighted by Crippen LogP contribution is -2.13. The van der Waals surface area contributed by atoms with Crippen LogP contribution in [0.3, 0.4) is 0 Å². The topological polar surface area (TPSA) is 82.8 Å². The Morgan fingerprint density at radius 1 is 1.33 bits per heavy atom. The van der Waals surface area contributed by atoms with Crippen LogP contribution < -0.4 is 10.2 Å². The monoisotopic (exact) mass is 252 g/mol. The largest absolute Gasteiger partial charge is 0.465 e. The molecule has 18 heavy (non-hydrogen) atoms. The van der Waals surface area contributed by atoms with Gasteiger partial charge in [0.1, 0.15) is 5.76 Å². The van der Waals surface area contributed by atoms with E-state index < -0.39 is 17.4 Å². The van der Waals surface area contributed by atoms with Crippen molar-refractivity contribution in [1.29, 1.82) is 0 Å². The average molecular weight is 252 g/mol. The third-order valence-corrected chi connectivity index (χ3v) is 1.85. The average Bonchev–Trinajstić information content (AvgIpc) is 2.32. The molecule has 0 atom stereocenters. The van der Waals surface area contributed by atoms with E-state index in [4.69, 9.17) is 9.15 Å². The quantitative estimate of drug-likeness (QED) is 0.586. The van der Waals surface area contributed by atoms with Gasteiger partial charge in [-0.15, -0.1) is 0 Å². The molecule has 0 aliphatic carbocycles. The van der Waals surface area contributed by atoms with Crippen LogP contribution in [-0.4, -0.2) is 18.5 Å². The fraction of sp³-hybridized carbons (Fsp3) is 0.250. The first-order chi connectivity index (χ1) is 8.54. The lowest BCUT2D eigenvalue weighted by Gasteiger charge is -2.02. The molecule has 0 aromatic carbocycles. The molecule has 0 N–H and O–H groups in total. The Kier molecular flexibility index (Phi) is 4.86. The summed E-state index contributed by atoms with van der Waals surface area (Å²) in [6.07, 6.45) is 3.00. The summed E-state index contributed by atoms with van der Waals surface area (Å²) >= 11 is 0. The van der Waals surface area contributed by atoms with E-state index in [2.05, 4.69) is 4.74 Å². The van der Waals surface area contributed by atoms with Gasteiger partial charge in [0.05, 0.1) is 12.9 Å². The van der Waals surface area contributed by atoms with E-state index in [1.807, 2.05) is 0 Å². The molecule has 0 saturated heterocycles. The molecule has 0 aliphatic heterocycles. The lowest BCUT2D eigenvalue weighted by atomic mass is 10.4. The Bertz CT molecular complexity index is 526. The minimum atomic E-state index is -0.857. The predicted molar refractivity (Wildman–Crippen MR) is 61.1 cm³/mol. The molecule has 0 bridgehead atoms. The van der Waals surface area contributed by atoms with Gasteiger partial charge in [-0.25, -0.2) is 9.59 Å². The predicted octanol–water partition coefficient (Wildman–Crippen LogP) is 0.973. The summed E-state index contributed by atoms with van der Waals surface area (Å²) in [4.78, 5) is 33.6. The first-order valence-corrected chi connectivity index (χ1v) is 5.19. The fourth-order valence-electron chi connectivity index (χ4n) is 1.08. The van der Waals surface area contributed by atoms with Gasteiger partial charge >= 0.3 is 11.9 Å². The summed E-state index contributed by atoms with van der Waals surface area (Å²) in [6.45, 7) is 3.33. The molecule has 6 heteroatoms. The molecule has 0 aliphatic rings. The highest BCUT2D eigenvalue weighted by molar-refractivity contribution is 5.92. The van der Waals surface area contributed by atoms with Gasteiger partial charge in [0, 0.05) is 18.2 Å². The zero-order valence-electron chi connectivity index (χ0n) is 9.97. The minimum Gasteiger partial charge on any atom is -0.465 e. The second-order valence-corrected chi connectivity index (χ2v) is 3.18. The van der Waals surface area contributed by atoms with Crippen LogP contribution in [0, 0.1) is 6.92 Å². The SMILES string of the molecule is CCOC(=O)C=CC(=O)Oc1c(C)occc1=O. The van der Waals surface area contributed by atoms with Gasteiger partial charge in [-0.3, -0.25) is 4.79 Å². The molecule has 0 radical (unpaired) electrons. The maximum Gasteiger partial charge on any atom is 0.336 e. The molecule has 1 rings (SSSR count). The highest BCUT2D eigenvalue weighted by Crippen LogP contribution is 2.10. The molecule has 0 fully saturated rings. The maximum absolute atomic E-state index is 11.4. The van der Waals surface area contributed by atoms with Crippen molar-refractivity contribution >= 4 is 11.9 Å². The number of hydrogen-bond donors (Lipinski definition) is 0. The van der Waals surface area contributed by atoms with Crippen molar-refractivity contribution in [1.82, 2.24) is 0 Å². The molecule has 1 heterocycles. The van der Waals surface area contributed by atoms with Gasteiger partial charge < -0.3 is 13.9 Å². The fourth-order valence-corrected chi connectivity index (χ4v) is 1.08. The summed E-state index contributed by atoms with van der Waals surface area (Å²) in [5.74, 6) is -1.53. The first-order valence-electron chi connectivity index (χ1n) is 5.19. The number of ether oxygens (including phenoxy) is 2. The normalized spacial score (nSPS) is 10.3. The van der Waals surface area contributed by atoms with Gasteiger partial charge in [0.15, 0.2) is 0 Å². The van der Waals surface area contributed by atoms with E-state index in [0.717, 1.165) is 18.2 Å². The van der Waals surface area contributed by atoms with Crippen LogP contribution in [0.5, 0.6) is 5.75 Å². The van der Waals surface area contributed by atoms with Crippen LogP contribution in [0.25, 0.3) is 0 Å². The molecule has 0 spiro atoms. The Hall–Kier alpha value is -2.37. The molecular weight excluding hydrogens is 240 g/mol. The number of carbonyl (C=O) groups is 2. The molecular formula is C12H12O6. The number of aryl methyl sites for hydroxylation is 1. The maximum atomic E-state index is 11.4. The van der Waals surface area contributed by atoms with Crippen molar-refractivity contribution in [2.45, 2.75) is 13.8 Å². The third-order valence-electron chi connectivity index (χ3n) is 1.85. The summed E-state index contributed by atoms with van der Waals surface area (Å²) < 4.78 is 14.3. The Morgan fingerprint density at radius 2 is 2.00 bits per heavy atom. The Morgan fingerprint density at radius 3 is 2.61 bits per heavy atom. The van der Waals surface area contributed by atoms with Gasteiger partial charge in [0.2, 0.25) is 11.2 Å². The molecule has 0 amide bonds. The number of rotatable bonds is 4. The van der Waals surface area contributed by atoms with Crippen LogP contribution in [-0.2, 0) is 14.3 Å². The van der Waals surface area contributed by atoms with E-state index >= 15 is 0 Å². The Balaban J connectivity index is 2.71. The smallest absolute Gasteiger partial charge is 0.336 e. The zero-order valence-corrected chi connectivity index (χ0v) is 9.97. The van der Waals surface area contributed by atoms with Crippen molar-refractivity contribution in [2.75, 3.05) is 6.61 Å². The third kappa shape index (κ3) is 3.89. The number of hydrogen-bond acceptors (Lipinski definition) is 6. The lowest BCUT2D eigenvalue weighted by molar-refractivity contribution is -0.138. The van der Waals surface area contributed by atoms with E-state index in [9.17, 15) is 14.4 Å². The van der Waals surface area contributed by atoms with Gasteiger partial charge in [-0.05, 0) is 13.8 Å². The van der Waals surface area contributed by atoms with Crippen molar-refractivity contribution < 1.29 is 23.5 Å². The molecule has 6 nitrogen and oxygen atoms in total. The van der Waals surface area contributed by atoms with Crippen LogP contribution in [0.1, 0.15) is 12.7 Å². The summed E-state index contributed by atoms with van der Waals surface area (Å²) in [5, 5.41) is 0. The number of esters is 2. The second-order valence-electron chi connectivity index (χ2n) is 3.18. The second kappa shape index (κ2) is 6.39. The van der Waals surface area contributed by atoms with Gasteiger partial charge in [-0.1, -0.05) is 0 Å². The summed E-state index contributed by atoms with van der Waals surface area (Å²) in [6, 6.07) is 1.13. The van der Waals surface area contributed by atoms with E-state index in [-0.39, 0.29) is 18.1 Å². The molecule has 0 saturated carbocycles. The van der Waals surface area contributed by atoms with Crippen molar-refractivity contribution in [2.24, 2.45) is 0 Å². The van der Waals surface area contributed by atoms with Crippen molar-refractivity contribution in [3.8, 4) is 5.75 Å². The number of carbonyl (C=O) groups excluding carboxylic acids is 2. The standard InChI is InChI=1S/C12H12O6/c1-3-16-10(14)4-5-11(15)18-12-8(2)17-7-6-9(12)13/h4-7H,3H2,1-2H3. The van der Waals surface area contributed by atoms with Crippen LogP contribution >= 0.6 is 0 Å². The van der Waals surface area contributed by atoms with E-state index in [1.165, 1.54) is 13.2 Å². The zero-order chi connectivity index (χ0) is 13.5. The first kappa shape index (κ1) is 13.7. The molecule has 1 aromatic rings. The molecule has 96 valence electrons. The van der Waals surface area contributed by atoms with Crippen LogP contribution in [0.2, 0.25) is 0 Å². The van der Waals surface area contributed by atoms with Gasteiger partial charge in [-0.2, -0.15) is 0 Å². The van der Waals surface area contributed by atoms with Crippen molar-refractivity contribution in [3.05, 3.63) is 40.5 Å². The van der Waals surface area contributed by atoms with Crippen LogP contribution in [0.15, 0.2) is 33.7 Å².